The summed E-state index contributed by atoms with van der Waals surface area (Å²) in [6.45, 7) is 5.28. The first-order valence-electron chi connectivity index (χ1n) is 6.24. The first-order valence-corrected chi connectivity index (χ1v) is 6.24. The van der Waals surface area contributed by atoms with E-state index in [1.165, 1.54) is 0 Å². The van der Waals surface area contributed by atoms with Gasteiger partial charge in [0.2, 0.25) is 0 Å². The van der Waals surface area contributed by atoms with E-state index >= 15 is 0 Å². The van der Waals surface area contributed by atoms with Crippen molar-refractivity contribution >= 4 is 23.7 Å². The van der Waals surface area contributed by atoms with E-state index in [4.69, 9.17) is 15.9 Å². The molecule has 5 N–H and O–H groups in total. The summed E-state index contributed by atoms with van der Waals surface area (Å²) in [5.74, 6) is -1.15. The molecule has 1 amide bonds. The molecule has 21 heavy (non-hydrogen) atoms. The lowest BCUT2D eigenvalue weighted by molar-refractivity contribution is 0.0636. The summed E-state index contributed by atoms with van der Waals surface area (Å²) in [5.41, 5.74) is 5.77. The molecule has 0 saturated heterocycles. The molecule has 0 fully saturated rings. The van der Waals surface area contributed by atoms with Gasteiger partial charge in [0.25, 0.3) is 0 Å². The van der Waals surface area contributed by atoms with Gasteiger partial charge < -0.3 is 21.2 Å². The number of nitrogens with one attached hydrogen (secondary N) is 3. The number of ether oxygens (including phenoxy) is 1. The standard InChI is InChI=1S/C14H19FN4O2/c1-14(2,3)21-13(20)19-10-6-4-5-9(7-10)18-12(17)11(15)8-16/h4-8,16,18H,17H2,1-3H3,(H,19,20)/b12-11-,16-8?. The van der Waals surface area contributed by atoms with E-state index in [0.29, 0.717) is 17.6 Å². The van der Waals surface area contributed by atoms with Crippen LogP contribution in [0.1, 0.15) is 20.8 Å². The van der Waals surface area contributed by atoms with Crippen molar-refractivity contribution in [3.8, 4) is 0 Å². The van der Waals surface area contributed by atoms with E-state index in [9.17, 15) is 9.18 Å². The first kappa shape index (κ1) is 16.5. The third-order valence-corrected chi connectivity index (χ3v) is 2.17. The second kappa shape index (κ2) is 6.74. The Morgan fingerprint density at radius 2 is 1.90 bits per heavy atom. The highest BCUT2D eigenvalue weighted by atomic mass is 19.1. The number of anilines is 2. The molecule has 0 atom stereocenters. The van der Waals surface area contributed by atoms with Crippen molar-refractivity contribution in [1.82, 2.24) is 0 Å². The van der Waals surface area contributed by atoms with Crippen molar-refractivity contribution in [2.45, 2.75) is 26.4 Å². The number of carbonyl (C=O) groups is 1. The SMILES string of the molecule is CC(C)(C)OC(=O)Nc1cccc(N/C(N)=C(\F)C=N)c1. The zero-order valence-corrected chi connectivity index (χ0v) is 12.2. The van der Waals surface area contributed by atoms with Gasteiger partial charge in [0, 0.05) is 11.4 Å². The number of rotatable bonds is 4. The molecule has 1 rings (SSSR count). The molecular formula is C14H19FN4O2. The number of halogens is 1. The van der Waals surface area contributed by atoms with Gasteiger partial charge in [-0.3, -0.25) is 5.32 Å². The predicted octanol–water partition coefficient (Wildman–Crippen LogP) is 3.19. The zero-order chi connectivity index (χ0) is 16.0. The predicted molar refractivity (Wildman–Crippen MR) is 81.0 cm³/mol. The Bertz CT molecular complexity index is 564. The topological polar surface area (TPSA) is 100 Å². The van der Waals surface area contributed by atoms with Crippen LogP contribution in [0.5, 0.6) is 0 Å². The fourth-order valence-corrected chi connectivity index (χ4v) is 1.39. The lowest BCUT2D eigenvalue weighted by atomic mass is 10.2. The number of carbonyl (C=O) groups excluding carboxylic acids is 1. The van der Waals surface area contributed by atoms with E-state index in [0.717, 1.165) is 0 Å². The highest BCUT2D eigenvalue weighted by molar-refractivity contribution is 5.85. The Balaban J connectivity index is 2.77. The maximum absolute atomic E-state index is 13.1. The van der Waals surface area contributed by atoms with Crippen molar-refractivity contribution in [2.75, 3.05) is 10.6 Å². The van der Waals surface area contributed by atoms with Crippen LogP contribution in [0.25, 0.3) is 0 Å². The lowest BCUT2D eigenvalue weighted by Gasteiger charge is -2.19. The summed E-state index contributed by atoms with van der Waals surface area (Å²) in [6, 6.07) is 6.52. The van der Waals surface area contributed by atoms with Crippen LogP contribution < -0.4 is 16.4 Å². The van der Waals surface area contributed by atoms with Crippen LogP contribution in [0.4, 0.5) is 20.6 Å². The van der Waals surface area contributed by atoms with Gasteiger partial charge in [-0.15, -0.1) is 0 Å². The Morgan fingerprint density at radius 3 is 2.43 bits per heavy atom. The molecule has 0 aliphatic rings. The number of nitrogens with two attached hydrogens (primary N) is 1. The summed E-state index contributed by atoms with van der Waals surface area (Å²) < 4.78 is 18.2. The molecular weight excluding hydrogens is 275 g/mol. The van der Waals surface area contributed by atoms with E-state index in [1.807, 2.05) is 0 Å². The molecule has 1 aromatic rings. The van der Waals surface area contributed by atoms with Gasteiger partial charge >= 0.3 is 6.09 Å². The van der Waals surface area contributed by atoms with E-state index < -0.39 is 17.5 Å². The van der Waals surface area contributed by atoms with Crippen LogP contribution in [0, 0.1) is 5.41 Å². The van der Waals surface area contributed by atoms with Crippen molar-refractivity contribution in [3.05, 3.63) is 35.9 Å². The second-order valence-electron chi connectivity index (χ2n) is 5.24. The van der Waals surface area contributed by atoms with Crippen LogP contribution in [0.15, 0.2) is 35.9 Å². The average molecular weight is 294 g/mol. The molecule has 114 valence electrons. The molecule has 0 bridgehead atoms. The summed E-state index contributed by atoms with van der Waals surface area (Å²) >= 11 is 0. The summed E-state index contributed by atoms with van der Waals surface area (Å²) in [5, 5.41) is 11.9. The Morgan fingerprint density at radius 1 is 1.33 bits per heavy atom. The number of amides is 1. The van der Waals surface area contributed by atoms with Crippen molar-refractivity contribution in [1.29, 1.82) is 5.41 Å². The second-order valence-corrected chi connectivity index (χ2v) is 5.24. The molecule has 6 nitrogen and oxygen atoms in total. The van der Waals surface area contributed by atoms with Crippen LogP contribution in [-0.2, 0) is 4.74 Å². The average Bonchev–Trinajstić information content (AvgIpc) is 2.35. The molecule has 0 unspecified atom stereocenters. The number of hydrogen-bond donors (Lipinski definition) is 4. The maximum Gasteiger partial charge on any atom is 0.412 e. The molecule has 0 heterocycles. The molecule has 7 heteroatoms. The van der Waals surface area contributed by atoms with Gasteiger partial charge in [-0.1, -0.05) is 6.07 Å². The fourth-order valence-electron chi connectivity index (χ4n) is 1.39. The van der Waals surface area contributed by atoms with Crippen molar-refractivity contribution in [3.63, 3.8) is 0 Å². The number of hydrogen-bond acceptors (Lipinski definition) is 5. The van der Waals surface area contributed by atoms with Crippen LogP contribution in [0.3, 0.4) is 0 Å². The van der Waals surface area contributed by atoms with Gasteiger partial charge in [-0.2, -0.15) is 0 Å². The van der Waals surface area contributed by atoms with Gasteiger partial charge in [-0.05, 0) is 39.0 Å². The summed E-state index contributed by atoms with van der Waals surface area (Å²) in [4.78, 5) is 11.6. The summed E-state index contributed by atoms with van der Waals surface area (Å²) in [6.07, 6.45) is -0.0839. The maximum atomic E-state index is 13.1. The number of allylic oxidation sites excluding steroid dienone is 1. The minimum absolute atomic E-state index is 0.278. The van der Waals surface area contributed by atoms with Crippen molar-refractivity contribution < 1.29 is 13.9 Å². The molecule has 0 aliphatic heterocycles. The van der Waals surface area contributed by atoms with E-state index in [2.05, 4.69) is 10.6 Å². The molecule has 0 aliphatic carbocycles. The highest BCUT2D eigenvalue weighted by Gasteiger charge is 2.16. The normalized spacial score (nSPS) is 12.2. The lowest BCUT2D eigenvalue weighted by Crippen LogP contribution is -2.27. The van der Waals surface area contributed by atoms with Gasteiger partial charge in [-0.25, -0.2) is 9.18 Å². The molecule has 0 saturated carbocycles. The largest absolute Gasteiger partial charge is 0.444 e. The van der Waals surface area contributed by atoms with Crippen LogP contribution >= 0.6 is 0 Å². The minimum Gasteiger partial charge on any atom is -0.444 e. The van der Waals surface area contributed by atoms with E-state index in [-0.39, 0.29) is 5.82 Å². The monoisotopic (exact) mass is 294 g/mol. The third kappa shape index (κ3) is 5.94. The van der Waals surface area contributed by atoms with Crippen LogP contribution in [-0.4, -0.2) is 17.9 Å². The molecule has 0 aromatic heterocycles. The minimum atomic E-state index is -0.875. The van der Waals surface area contributed by atoms with Gasteiger partial charge in [0.15, 0.2) is 5.83 Å². The molecule has 1 aromatic carbocycles. The quantitative estimate of drug-likeness (QED) is 0.641. The number of benzene rings is 1. The smallest absolute Gasteiger partial charge is 0.412 e. The molecule has 0 radical (unpaired) electrons. The molecule has 0 spiro atoms. The first-order chi connectivity index (χ1) is 9.71. The van der Waals surface area contributed by atoms with Gasteiger partial charge in [0.05, 0.1) is 6.21 Å². The third-order valence-electron chi connectivity index (χ3n) is 2.17. The highest BCUT2D eigenvalue weighted by Crippen LogP contribution is 2.18. The fraction of sp³-hybridized carbons (Fsp3) is 0.286. The zero-order valence-electron chi connectivity index (χ0n) is 12.2. The summed E-state index contributed by atoms with van der Waals surface area (Å²) in [7, 11) is 0. The van der Waals surface area contributed by atoms with Crippen molar-refractivity contribution in [2.24, 2.45) is 5.73 Å². The Labute approximate surface area is 122 Å². The van der Waals surface area contributed by atoms with Gasteiger partial charge in [0.1, 0.15) is 11.4 Å². The van der Waals surface area contributed by atoms with E-state index in [1.54, 1.807) is 45.0 Å². The Hall–Kier alpha value is -2.57. The van der Waals surface area contributed by atoms with Crippen LogP contribution in [0.2, 0.25) is 0 Å². The Kier molecular flexibility index (Phi) is 5.29.